The van der Waals surface area contributed by atoms with E-state index in [1.807, 2.05) is 12.3 Å². The Kier molecular flexibility index (Phi) is 3.80. The van der Waals surface area contributed by atoms with E-state index in [0.29, 0.717) is 6.04 Å². The Morgan fingerprint density at radius 2 is 2.47 bits per heavy atom. The molecule has 3 heteroatoms. The van der Waals surface area contributed by atoms with Gasteiger partial charge in [-0.15, -0.1) is 0 Å². The topological polar surface area (TPSA) is 37.0 Å². The molecule has 2 rings (SSSR count). The summed E-state index contributed by atoms with van der Waals surface area (Å²) in [6.07, 6.45) is 6.00. The fraction of sp³-hybridized carbons (Fsp3) is 0.667. The lowest BCUT2D eigenvalue weighted by Gasteiger charge is -2.24. The average Bonchev–Trinajstić information content (AvgIpc) is 2.81. The Labute approximate surface area is 91.2 Å². The van der Waals surface area contributed by atoms with Crippen LogP contribution < -0.4 is 5.32 Å². The Hall–Kier alpha value is -0.800. The van der Waals surface area contributed by atoms with Crippen LogP contribution in [0.15, 0.2) is 18.3 Å². The fourth-order valence-corrected chi connectivity index (χ4v) is 2.01. The molecule has 2 heterocycles. The number of hydrogen-bond acceptors (Lipinski definition) is 2. The minimum atomic E-state index is 0.170. The van der Waals surface area contributed by atoms with Crippen molar-refractivity contribution in [1.82, 2.24) is 10.3 Å². The lowest BCUT2D eigenvalue weighted by Crippen LogP contribution is -2.37. The summed E-state index contributed by atoms with van der Waals surface area (Å²) in [5.41, 5.74) is 1.16. The highest BCUT2D eigenvalue weighted by Crippen LogP contribution is 2.16. The van der Waals surface area contributed by atoms with Gasteiger partial charge in [0.15, 0.2) is 0 Å². The Balaban J connectivity index is 1.73. The zero-order valence-electron chi connectivity index (χ0n) is 9.33. The molecule has 84 valence electrons. The molecule has 1 aliphatic rings. The molecule has 3 nitrogen and oxygen atoms in total. The van der Waals surface area contributed by atoms with Gasteiger partial charge in [-0.1, -0.05) is 6.42 Å². The predicted molar refractivity (Wildman–Crippen MR) is 60.8 cm³/mol. The van der Waals surface area contributed by atoms with Crippen molar-refractivity contribution < 1.29 is 4.74 Å². The Bertz CT molecular complexity index is 265. The highest BCUT2D eigenvalue weighted by Gasteiger charge is 2.14. The maximum atomic E-state index is 5.83. The molecule has 0 saturated carbocycles. The SMILES string of the molecule is CC(OCC1CCCCN1)c1ccc[nH]1. The van der Waals surface area contributed by atoms with Crippen LogP contribution in [0.3, 0.4) is 0 Å². The van der Waals surface area contributed by atoms with Gasteiger partial charge in [-0.3, -0.25) is 0 Å². The van der Waals surface area contributed by atoms with Gasteiger partial charge in [-0.05, 0) is 38.4 Å². The summed E-state index contributed by atoms with van der Waals surface area (Å²) in [7, 11) is 0. The normalized spacial score (nSPS) is 23.9. The molecule has 0 aromatic carbocycles. The summed E-state index contributed by atoms with van der Waals surface area (Å²) >= 11 is 0. The van der Waals surface area contributed by atoms with Crippen LogP contribution in [-0.4, -0.2) is 24.2 Å². The number of aromatic nitrogens is 1. The number of nitrogens with one attached hydrogen (secondary N) is 2. The van der Waals surface area contributed by atoms with E-state index < -0.39 is 0 Å². The van der Waals surface area contributed by atoms with Crippen molar-refractivity contribution in [3.05, 3.63) is 24.0 Å². The van der Waals surface area contributed by atoms with Crippen molar-refractivity contribution >= 4 is 0 Å². The van der Waals surface area contributed by atoms with E-state index in [9.17, 15) is 0 Å². The average molecular weight is 208 g/mol. The molecule has 0 spiro atoms. The fourth-order valence-electron chi connectivity index (χ4n) is 2.01. The Morgan fingerprint density at radius 3 is 3.13 bits per heavy atom. The molecular weight excluding hydrogens is 188 g/mol. The van der Waals surface area contributed by atoms with E-state index in [2.05, 4.69) is 23.3 Å². The highest BCUT2D eigenvalue weighted by molar-refractivity contribution is 5.06. The first-order valence-electron chi connectivity index (χ1n) is 5.84. The van der Waals surface area contributed by atoms with Gasteiger partial charge in [-0.25, -0.2) is 0 Å². The van der Waals surface area contributed by atoms with Gasteiger partial charge < -0.3 is 15.0 Å². The van der Waals surface area contributed by atoms with Gasteiger partial charge in [0, 0.05) is 17.9 Å². The van der Waals surface area contributed by atoms with E-state index in [4.69, 9.17) is 4.74 Å². The molecule has 1 aromatic rings. The molecule has 2 unspecified atom stereocenters. The Morgan fingerprint density at radius 1 is 1.53 bits per heavy atom. The van der Waals surface area contributed by atoms with Crippen molar-refractivity contribution in [3.8, 4) is 0 Å². The molecule has 1 aliphatic heterocycles. The second kappa shape index (κ2) is 5.33. The first-order valence-corrected chi connectivity index (χ1v) is 5.84. The molecule has 1 aromatic heterocycles. The monoisotopic (exact) mass is 208 g/mol. The molecule has 0 radical (unpaired) electrons. The molecule has 15 heavy (non-hydrogen) atoms. The maximum absolute atomic E-state index is 5.83. The molecule has 2 N–H and O–H groups in total. The van der Waals surface area contributed by atoms with Gasteiger partial charge in [0.1, 0.15) is 0 Å². The van der Waals surface area contributed by atoms with Gasteiger partial charge in [0.05, 0.1) is 12.7 Å². The largest absolute Gasteiger partial charge is 0.371 e. The van der Waals surface area contributed by atoms with Crippen LogP contribution in [0.1, 0.15) is 38.0 Å². The molecule has 0 aliphatic carbocycles. The highest BCUT2D eigenvalue weighted by atomic mass is 16.5. The number of H-pyrrole nitrogens is 1. The smallest absolute Gasteiger partial charge is 0.0945 e. The van der Waals surface area contributed by atoms with Gasteiger partial charge in [0.25, 0.3) is 0 Å². The first-order chi connectivity index (χ1) is 7.36. The summed E-state index contributed by atoms with van der Waals surface area (Å²) in [4.78, 5) is 3.18. The minimum Gasteiger partial charge on any atom is -0.371 e. The van der Waals surface area contributed by atoms with Crippen LogP contribution in [0.5, 0.6) is 0 Å². The quantitative estimate of drug-likeness (QED) is 0.796. The van der Waals surface area contributed by atoms with Crippen molar-refractivity contribution in [2.24, 2.45) is 0 Å². The summed E-state index contributed by atoms with van der Waals surface area (Å²) in [6, 6.07) is 4.63. The molecule has 2 atom stereocenters. The molecule has 0 amide bonds. The third kappa shape index (κ3) is 3.08. The van der Waals surface area contributed by atoms with Crippen LogP contribution in [0.2, 0.25) is 0 Å². The van der Waals surface area contributed by atoms with Gasteiger partial charge in [-0.2, -0.15) is 0 Å². The first kappa shape index (κ1) is 10.7. The zero-order valence-corrected chi connectivity index (χ0v) is 9.33. The van der Waals surface area contributed by atoms with Crippen LogP contribution in [0.25, 0.3) is 0 Å². The third-order valence-corrected chi connectivity index (χ3v) is 3.02. The number of aromatic amines is 1. The third-order valence-electron chi connectivity index (χ3n) is 3.02. The number of rotatable bonds is 4. The van der Waals surface area contributed by atoms with E-state index in [1.54, 1.807) is 0 Å². The summed E-state index contributed by atoms with van der Waals surface area (Å²) in [5.74, 6) is 0. The summed E-state index contributed by atoms with van der Waals surface area (Å²) < 4.78 is 5.83. The summed E-state index contributed by atoms with van der Waals surface area (Å²) in [5, 5.41) is 3.48. The van der Waals surface area contributed by atoms with Crippen LogP contribution in [0.4, 0.5) is 0 Å². The maximum Gasteiger partial charge on any atom is 0.0945 e. The minimum absolute atomic E-state index is 0.170. The van der Waals surface area contributed by atoms with E-state index in [0.717, 1.165) is 18.8 Å². The predicted octanol–water partition coefficient (Wildman–Crippen LogP) is 2.23. The lowest BCUT2D eigenvalue weighted by molar-refractivity contribution is 0.0419. The van der Waals surface area contributed by atoms with Gasteiger partial charge in [0.2, 0.25) is 0 Å². The number of ether oxygens (including phenoxy) is 1. The van der Waals surface area contributed by atoms with E-state index in [-0.39, 0.29) is 6.10 Å². The van der Waals surface area contributed by atoms with E-state index in [1.165, 1.54) is 19.3 Å². The van der Waals surface area contributed by atoms with Crippen LogP contribution in [-0.2, 0) is 4.74 Å². The molecule has 1 fully saturated rings. The second-order valence-corrected chi connectivity index (χ2v) is 4.25. The zero-order chi connectivity index (χ0) is 10.5. The molecule has 1 saturated heterocycles. The number of hydrogen-bond donors (Lipinski definition) is 2. The van der Waals surface area contributed by atoms with Gasteiger partial charge >= 0.3 is 0 Å². The molecular formula is C12H20N2O. The summed E-state index contributed by atoms with van der Waals surface area (Å²) in [6.45, 7) is 4.06. The van der Waals surface area contributed by atoms with Crippen LogP contribution in [0, 0.1) is 0 Å². The van der Waals surface area contributed by atoms with Crippen molar-refractivity contribution in [3.63, 3.8) is 0 Å². The lowest BCUT2D eigenvalue weighted by atomic mass is 10.1. The van der Waals surface area contributed by atoms with E-state index >= 15 is 0 Å². The number of piperidine rings is 1. The standard InChI is InChI=1S/C12H20N2O/c1-10(12-6-4-8-14-12)15-9-11-5-2-3-7-13-11/h4,6,8,10-11,13-14H,2-3,5,7,9H2,1H3. The van der Waals surface area contributed by atoms with Crippen molar-refractivity contribution in [2.45, 2.75) is 38.3 Å². The van der Waals surface area contributed by atoms with Crippen molar-refractivity contribution in [1.29, 1.82) is 0 Å². The second-order valence-electron chi connectivity index (χ2n) is 4.25. The molecule has 0 bridgehead atoms. The van der Waals surface area contributed by atoms with Crippen molar-refractivity contribution in [2.75, 3.05) is 13.2 Å². The van der Waals surface area contributed by atoms with Crippen LogP contribution >= 0.6 is 0 Å².